The molecule has 0 saturated carbocycles. The zero-order valence-corrected chi connectivity index (χ0v) is 9.82. The number of nitrogens with zero attached hydrogens (tertiary/aromatic N) is 1. The average Bonchev–Trinajstić information content (AvgIpc) is 2.26. The average molecular weight is 222 g/mol. The first-order valence-corrected chi connectivity index (χ1v) is 5.64. The molecule has 0 bridgehead atoms. The first-order valence-electron chi connectivity index (χ1n) is 5.64. The molecule has 88 valence electrons. The molecule has 1 rings (SSSR count). The molecule has 0 aliphatic carbocycles. The predicted molar refractivity (Wildman–Crippen MR) is 65.8 cm³/mol. The van der Waals surface area contributed by atoms with E-state index in [1.165, 1.54) is 12.8 Å². The second kappa shape index (κ2) is 6.10. The quantitative estimate of drug-likeness (QED) is 0.455. The first kappa shape index (κ1) is 12.5. The van der Waals surface area contributed by atoms with E-state index in [0.29, 0.717) is 5.56 Å². The molecule has 0 aliphatic rings. The number of hydrogen-bond donors (Lipinski definition) is 1. The van der Waals surface area contributed by atoms with E-state index >= 15 is 0 Å². The van der Waals surface area contributed by atoms with Crippen molar-refractivity contribution in [1.29, 1.82) is 0 Å². The Labute approximate surface area is 95.8 Å². The molecule has 16 heavy (non-hydrogen) atoms. The summed E-state index contributed by atoms with van der Waals surface area (Å²) in [5, 5.41) is 13.9. The highest BCUT2D eigenvalue weighted by molar-refractivity contribution is 5.54. The van der Waals surface area contributed by atoms with Crippen LogP contribution in [0.15, 0.2) is 18.2 Å². The zero-order chi connectivity index (χ0) is 12.0. The maximum absolute atomic E-state index is 10.7. The van der Waals surface area contributed by atoms with Crippen molar-refractivity contribution in [3.05, 3.63) is 33.9 Å². The van der Waals surface area contributed by atoms with Gasteiger partial charge < -0.3 is 5.32 Å². The number of benzene rings is 1. The van der Waals surface area contributed by atoms with Crippen molar-refractivity contribution in [1.82, 2.24) is 0 Å². The second-order valence-electron chi connectivity index (χ2n) is 3.89. The fourth-order valence-electron chi connectivity index (χ4n) is 1.52. The van der Waals surface area contributed by atoms with Gasteiger partial charge in [-0.1, -0.05) is 25.8 Å². The van der Waals surface area contributed by atoms with E-state index in [1.54, 1.807) is 19.1 Å². The van der Waals surface area contributed by atoms with Gasteiger partial charge in [0.1, 0.15) is 0 Å². The standard InChI is InChI=1S/C12H18N2O2/c1-3-4-5-8-13-11-7-6-10(2)12(9-11)14(15)16/h6-7,9,13H,3-5,8H2,1-2H3. The molecule has 0 heterocycles. The number of nitro benzene ring substituents is 1. The minimum atomic E-state index is -0.341. The van der Waals surface area contributed by atoms with Gasteiger partial charge in [0.25, 0.3) is 5.69 Å². The summed E-state index contributed by atoms with van der Waals surface area (Å²) in [5.41, 5.74) is 1.71. The van der Waals surface area contributed by atoms with Crippen molar-refractivity contribution in [3.8, 4) is 0 Å². The Morgan fingerprint density at radius 2 is 2.12 bits per heavy atom. The molecular weight excluding hydrogens is 204 g/mol. The fraction of sp³-hybridized carbons (Fsp3) is 0.500. The summed E-state index contributed by atoms with van der Waals surface area (Å²) in [5.74, 6) is 0. The lowest BCUT2D eigenvalue weighted by atomic mass is 10.2. The molecule has 0 unspecified atom stereocenters. The molecule has 0 aromatic heterocycles. The summed E-state index contributed by atoms with van der Waals surface area (Å²) in [6.07, 6.45) is 3.45. The lowest BCUT2D eigenvalue weighted by Crippen LogP contribution is -2.02. The molecule has 4 heteroatoms. The minimum Gasteiger partial charge on any atom is -0.385 e. The maximum atomic E-state index is 10.7. The van der Waals surface area contributed by atoms with Crippen molar-refractivity contribution < 1.29 is 4.92 Å². The number of nitrogens with one attached hydrogen (secondary N) is 1. The molecule has 0 spiro atoms. The van der Waals surface area contributed by atoms with Gasteiger partial charge >= 0.3 is 0 Å². The van der Waals surface area contributed by atoms with Crippen molar-refractivity contribution in [2.24, 2.45) is 0 Å². The molecule has 0 atom stereocenters. The summed E-state index contributed by atoms with van der Waals surface area (Å²) in [6.45, 7) is 4.77. The van der Waals surface area contributed by atoms with Crippen molar-refractivity contribution >= 4 is 11.4 Å². The van der Waals surface area contributed by atoms with Crippen LogP contribution in [-0.2, 0) is 0 Å². The number of anilines is 1. The molecule has 0 fully saturated rings. The Hall–Kier alpha value is -1.58. The van der Waals surface area contributed by atoms with E-state index in [4.69, 9.17) is 0 Å². The van der Waals surface area contributed by atoms with Crippen molar-refractivity contribution in [3.63, 3.8) is 0 Å². The van der Waals surface area contributed by atoms with Crippen molar-refractivity contribution in [2.75, 3.05) is 11.9 Å². The Balaban J connectivity index is 2.61. The van der Waals surface area contributed by atoms with Gasteiger partial charge in [-0.25, -0.2) is 0 Å². The highest BCUT2D eigenvalue weighted by atomic mass is 16.6. The largest absolute Gasteiger partial charge is 0.385 e. The van der Waals surface area contributed by atoms with Crippen LogP contribution in [0, 0.1) is 17.0 Å². The lowest BCUT2D eigenvalue weighted by molar-refractivity contribution is -0.385. The number of aryl methyl sites for hydroxylation is 1. The van der Waals surface area contributed by atoms with Crippen LogP contribution < -0.4 is 5.32 Å². The number of hydrogen-bond acceptors (Lipinski definition) is 3. The molecular formula is C12H18N2O2. The molecule has 0 aliphatic heterocycles. The van der Waals surface area contributed by atoms with Gasteiger partial charge in [0.05, 0.1) is 4.92 Å². The number of rotatable bonds is 6. The molecule has 0 radical (unpaired) electrons. The van der Waals surface area contributed by atoms with Gasteiger partial charge in [-0.3, -0.25) is 10.1 Å². The third kappa shape index (κ3) is 3.53. The molecule has 0 amide bonds. The first-order chi connectivity index (χ1) is 7.65. The third-order valence-corrected chi connectivity index (χ3v) is 2.52. The van der Waals surface area contributed by atoms with Crippen LogP contribution in [0.5, 0.6) is 0 Å². The van der Waals surface area contributed by atoms with Crippen LogP contribution in [0.2, 0.25) is 0 Å². The zero-order valence-electron chi connectivity index (χ0n) is 9.82. The van der Waals surface area contributed by atoms with Gasteiger partial charge in [0, 0.05) is 23.9 Å². The third-order valence-electron chi connectivity index (χ3n) is 2.52. The SMILES string of the molecule is CCCCCNc1ccc(C)c([N+](=O)[O-])c1. The summed E-state index contributed by atoms with van der Waals surface area (Å²) < 4.78 is 0. The van der Waals surface area contributed by atoms with Crippen molar-refractivity contribution in [2.45, 2.75) is 33.1 Å². The van der Waals surface area contributed by atoms with Crippen LogP contribution in [0.3, 0.4) is 0 Å². The van der Waals surface area contributed by atoms with Gasteiger partial charge in [-0.2, -0.15) is 0 Å². The van der Waals surface area contributed by atoms with Gasteiger partial charge in [0.15, 0.2) is 0 Å². The van der Waals surface area contributed by atoms with E-state index in [0.717, 1.165) is 18.7 Å². The van der Waals surface area contributed by atoms with E-state index in [9.17, 15) is 10.1 Å². The summed E-state index contributed by atoms with van der Waals surface area (Å²) in [6, 6.07) is 5.26. The normalized spacial score (nSPS) is 10.1. The molecule has 1 N–H and O–H groups in total. The fourth-order valence-corrected chi connectivity index (χ4v) is 1.52. The van der Waals surface area contributed by atoms with Crippen LogP contribution in [0.1, 0.15) is 31.7 Å². The molecule has 1 aromatic carbocycles. The lowest BCUT2D eigenvalue weighted by Gasteiger charge is -2.06. The number of nitro groups is 1. The van der Waals surface area contributed by atoms with E-state index in [1.807, 2.05) is 6.07 Å². The highest BCUT2D eigenvalue weighted by Crippen LogP contribution is 2.22. The molecule has 1 aromatic rings. The van der Waals surface area contributed by atoms with Crippen LogP contribution in [0.25, 0.3) is 0 Å². The van der Waals surface area contributed by atoms with Gasteiger partial charge in [0.2, 0.25) is 0 Å². The topological polar surface area (TPSA) is 55.2 Å². The second-order valence-corrected chi connectivity index (χ2v) is 3.89. The van der Waals surface area contributed by atoms with Crippen LogP contribution in [0.4, 0.5) is 11.4 Å². The van der Waals surface area contributed by atoms with Crippen LogP contribution in [-0.4, -0.2) is 11.5 Å². The monoisotopic (exact) mass is 222 g/mol. The van der Waals surface area contributed by atoms with E-state index < -0.39 is 0 Å². The summed E-state index contributed by atoms with van der Waals surface area (Å²) >= 11 is 0. The summed E-state index contributed by atoms with van der Waals surface area (Å²) in [7, 11) is 0. The van der Waals surface area contributed by atoms with E-state index in [2.05, 4.69) is 12.2 Å². The Kier molecular flexibility index (Phi) is 4.76. The van der Waals surface area contributed by atoms with Gasteiger partial charge in [-0.05, 0) is 19.4 Å². The smallest absolute Gasteiger partial charge is 0.274 e. The molecule has 4 nitrogen and oxygen atoms in total. The van der Waals surface area contributed by atoms with E-state index in [-0.39, 0.29) is 10.6 Å². The Morgan fingerprint density at radius 3 is 2.75 bits per heavy atom. The maximum Gasteiger partial charge on any atom is 0.274 e. The van der Waals surface area contributed by atoms with Gasteiger partial charge in [-0.15, -0.1) is 0 Å². The van der Waals surface area contributed by atoms with Crippen LogP contribution >= 0.6 is 0 Å². The molecule has 0 saturated heterocycles. The Morgan fingerprint density at radius 1 is 1.38 bits per heavy atom. The number of unbranched alkanes of at least 4 members (excludes halogenated alkanes) is 2. The highest BCUT2D eigenvalue weighted by Gasteiger charge is 2.10. The summed E-state index contributed by atoms with van der Waals surface area (Å²) in [4.78, 5) is 10.4. The Bertz CT molecular complexity index is 364. The predicted octanol–water partition coefficient (Wildman–Crippen LogP) is 3.51. The minimum absolute atomic E-state index is 0.181.